The summed E-state index contributed by atoms with van der Waals surface area (Å²) in [5, 5.41) is 15.3. The summed E-state index contributed by atoms with van der Waals surface area (Å²) >= 11 is 0. The predicted molar refractivity (Wildman–Crippen MR) is 213 cm³/mol. The molecule has 0 spiro atoms. The molecule has 8 aromatic rings. The van der Waals surface area contributed by atoms with Crippen LogP contribution in [-0.2, 0) is 5.41 Å². The van der Waals surface area contributed by atoms with Crippen molar-refractivity contribution in [1.29, 1.82) is 5.26 Å². The van der Waals surface area contributed by atoms with Gasteiger partial charge < -0.3 is 9.80 Å². The lowest BCUT2D eigenvalue weighted by atomic mass is 9.78. The third-order valence-electron chi connectivity index (χ3n) is 10.3. The first-order valence-electron chi connectivity index (χ1n) is 17.4. The molecule has 3 nitrogen and oxygen atoms in total. The normalized spacial score (nSPS) is 12.6. The van der Waals surface area contributed by atoms with Crippen LogP contribution in [0.1, 0.15) is 30.5 Å². The fourth-order valence-corrected chi connectivity index (χ4v) is 8.22. The Bertz CT molecular complexity index is 2530. The molecule has 0 unspecified atom stereocenters. The van der Waals surface area contributed by atoms with E-state index in [9.17, 15) is 5.26 Å². The third kappa shape index (κ3) is 4.96. The molecule has 1 aliphatic carbocycles. The molecule has 0 fully saturated rings. The van der Waals surface area contributed by atoms with Gasteiger partial charge in [0.1, 0.15) is 0 Å². The second-order valence-electron chi connectivity index (χ2n) is 13.7. The number of benzene rings is 8. The van der Waals surface area contributed by atoms with Gasteiger partial charge in [0.25, 0.3) is 0 Å². The molecular formula is C48H35N3. The number of anilines is 6. The molecule has 0 saturated carbocycles. The average molecular weight is 654 g/mol. The van der Waals surface area contributed by atoms with Crippen molar-refractivity contribution in [1.82, 2.24) is 0 Å². The lowest BCUT2D eigenvalue weighted by Crippen LogP contribution is -2.16. The van der Waals surface area contributed by atoms with Crippen LogP contribution < -0.4 is 9.80 Å². The second kappa shape index (κ2) is 12.1. The van der Waals surface area contributed by atoms with Gasteiger partial charge >= 0.3 is 0 Å². The molecular weight excluding hydrogens is 619 g/mol. The topological polar surface area (TPSA) is 30.3 Å². The maximum Gasteiger partial charge on any atom is 0.0998 e. The number of hydrogen-bond donors (Lipinski definition) is 0. The van der Waals surface area contributed by atoms with E-state index in [2.05, 4.69) is 194 Å². The van der Waals surface area contributed by atoms with Crippen molar-refractivity contribution < 1.29 is 0 Å². The van der Waals surface area contributed by atoms with Crippen LogP contribution in [0.4, 0.5) is 34.1 Å². The van der Waals surface area contributed by atoms with Crippen molar-refractivity contribution in [2.45, 2.75) is 19.3 Å². The molecule has 3 heteroatoms. The molecule has 9 rings (SSSR count). The summed E-state index contributed by atoms with van der Waals surface area (Å²) < 4.78 is 0. The predicted octanol–water partition coefficient (Wildman–Crippen LogP) is 13.1. The van der Waals surface area contributed by atoms with Crippen LogP contribution in [0.5, 0.6) is 0 Å². The zero-order valence-corrected chi connectivity index (χ0v) is 28.6. The van der Waals surface area contributed by atoms with Gasteiger partial charge in [0.05, 0.1) is 11.6 Å². The van der Waals surface area contributed by atoms with Crippen molar-refractivity contribution in [2.75, 3.05) is 9.80 Å². The van der Waals surface area contributed by atoms with Crippen LogP contribution in [-0.4, -0.2) is 0 Å². The summed E-state index contributed by atoms with van der Waals surface area (Å²) in [6, 6.07) is 64.6. The van der Waals surface area contributed by atoms with Gasteiger partial charge in [-0.05, 0) is 117 Å². The van der Waals surface area contributed by atoms with E-state index >= 15 is 0 Å². The molecule has 1 aliphatic rings. The minimum absolute atomic E-state index is 0.338. The minimum atomic E-state index is -0.338. The van der Waals surface area contributed by atoms with E-state index in [1.807, 2.05) is 12.1 Å². The summed E-state index contributed by atoms with van der Waals surface area (Å²) in [7, 11) is 0. The summed E-state index contributed by atoms with van der Waals surface area (Å²) in [4.78, 5) is 4.58. The smallest absolute Gasteiger partial charge is 0.0998 e. The number of nitrogens with zero attached hydrogens (tertiary/aromatic N) is 3. The van der Waals surface area contributed by atoms with Crippen LogP contribution in [0, 0.1) is 11.3 Å². The van der Waals surface area contributed by atoms with Crippen LogP contribution >= 0.6 is 0 Å². The number of rotatable bonds is 6. The standard InChI is InChI=1S/C48H35N3/c1-48(2)46-42-27-24-40(50(36-15-7-3-8-16-36)37-17-9-4-10-18-37)30-33(42)23-26-44(46)45-35(32-49)29-34-31-41(25-28-43(34)47(45)48)51(38-19-11-5-12-20-38)39-21-13-6-14-22-39/h3-31H,1-2H3. The average Bonchev–Trinajstić information content (AvgIpc) is 3.43. The summed E-state index contributed by atoms with van der Waals surface area (Å²) in [6.07, 6.45) is 0. The molecule has 242 valence electrons. The largest absolute Gasteiger partial charge is 0.310 e. The molecule has 0 saturated heterocycles. The van der Waals surface area contributed by atoms with Crippen molar-refractivity contribution in [3.63, 3.8) is 0 Å². The highest BCUT2D eigenvalue weighted by molar-refractivity contribution is 6.06. The molecule has 0 aliphatic heterocycles. The maximum absolute atomic E-state index is 10.7. The molecule has 51 heavy (non-hydrogen) atoms. The quantitative estimate of drug-likeness (QED) is 0.179. The van der Waals surface area contributed by atoms with E-state index in [0.717, 1.165) is 50.6 Å². The molecule has 0 N–H and O–H groups in total. The van der Waals surface area contributed by atoms with Gasteiger partial charge in [-0.25, -0.2) is 0 Å². The number of hydrogen-bond acceptors (Lipinski definition) is 3. The Labute approximate surface area is 298 Å². The molecule has 8 aromatic carbocycles. The van der Waals surface area contributed by atoms with E-state index in [1.165, 1.54) is 27.3 Å². The van der Waals surface area contributed by atoms with Gasteiger partial charge in [-0.2, -0.15) is 5.26 Å². The van der Waals surface area contributed by atoms with Crippen LogP contribution in [0.2, 0.25) is 0 Å². The maximum atomic E-state index is 10.7. The lowest BCUT2D eigenvalue weighted by molar-refractivity contribution is 0.672. The first-order valence-corrected chi connectivity index (χ1v) is 17.4. The molecule has 0 radical (unpaired) electrons. The molecule has 0 amide bonds. The Morgan fingerprint density at radius 1 is 0.431 bits per heavy atom. The summed E-state index contributed by atoms with van der Waals surface area (Å²) in [5.41, 5.74) is 11.6. The summed E-state index contributed by atoms with van der Waals surface area (Å²) in [5.74, 6) is 0. The Morgan fingerprint density at radius 2 is 0.863 bits per heavy atom. The fourth-order valence-electron chi connectivity index (χ4n) is 8.22. The number of para-hydroxylation sites is 4. The molecule has 0 aromatic heterocycles. The highest BCUT2D eigenvalue weighted by Crippen LogP contribution is 2.55. The van der Waals surface area contributed by atoms with Gasteiger partial charge in [0.15, 0.2) is 0 Å². The Hall–Kier alpha value is -6.63. The van der Waals surface area contributed by atoms with E-state index in [1.54, 1.807) is 0 Å². The zero-order chi connectivity index (χ0) is 34.5. The zero-order valence-electron chi connectivity index (χ0n) is 28.6. The number of fused-ring (bicyclic) bond motifs is 7. The monoisotopic (exact) mass is 653 g/mol. The van der Waals surface area contributed by atoms with Crippen molar-refractivity contribution >= 4 is 55.7 Å². The van der Waals surface area contributed by atoms with Crippen molar-refractivity contribution in [2.24, 2.45) is 0 Å². The molecule has 0 bridgehead atoms. The Morgan fingerprint density at radius 3 is 1.31 bits per heavy atom. The van der Waals surface area contributed by atoms with Gasteiger partial charge in [-0.1, -0.05) is 111 Å². The van der Waals surface area contributed by atoms with Gasteiger partial charge in [-0.15, -0.1) is 0 Å². The first-order chi connectivity index (χ1) is 25.0. The second-order valence-corrected chi connectivity index (χ2v) is 13.7. The molecule has 0 heterocycles. The van der Waals surface area contributed by atoms with Crippen molar-refractivity contribution in [3.8, 4) is 17.2 Å². The van der Waals surface area contributed by atoms with Crippen molar-refractivity contribution in [3.05, 3.63) is 193 Å². The first kappa shape index (κ1) is 30.4. The highest BCUT2D eigenvalue weighted by atomic mass is 15.1. The van der Waals surface area contributed by atoms with E-state index < -0.39 is 0 Å². The van der Waals surface area contributed by atoms with Crippen LogP contribution in [0.25, 0.3) is 32.7 Å². The Kier molecular flexibility index (Phi) is 7.19. The Balaban J connectivity index is 1.20. The van der Waals surface area contributed by atoms with E-state index in [4.69, 9.17) is 0 Å². The molecule has 0 atom stereocenters. The van der Waals surface area contributed by atoms with Gasteiger partial charge in [0, 0.05) is 45.1 Å². The highest BCUT2D eigenvalue weighted by Gasteiger charge is 2.40. The van der Waals surface area contributed by atoms with E-state index in [0.29, 0.717) is 5.56 Å². The SMILES string of the molecule is CC1(C)c2c(ccc3cc(N(c4ccccc4)c4ccccc4)ccc23)-c2c(C#N)cc3cc(N(c4ccccc4)c4ccccc4)ccc3c21. The van der Waals surface area contributed by atoms with Crippen LogP contribution in [0.15, 0.2) is 176 Å². The van der Waals surface area contributed by atoms with Crippen LogP contribution in [0.3, 0.4) is 0 Å². The fraction of sp³-hybridized carbons (Fsp3) is 0.0625. The van der Waals surface area contributed by atoms with Gasteiger partial charge in [0.2, 0.25) is 0 Å². The van der Waals surface area contributed by atoms with E-state index in [-0.39, 0.29) is 5.41 Å². The number of nitriles is 1. The summed E-state index contributed by atoms with van der Waals surface area (Å²) in [6.45, 7) is 4.64. The third-order valence-corrected chi connectivity index (χ3v) is 10.3. The lowest BCUT2D eigenvalue weighted by Gasteiger charge is -2.28. The van der Waals surface area contributed by atoms with Gasteiger partial charge in [-0.3, -0.25) is 0 Å². The minimum Gasteiger partial charge on any atom is -0.310 e.